The molecule has 12 heteroatoms. The Bertz CT molecular complexity index is 1330. The fourth-order valence-corrected chi connectivity index (χ4v) is 5.11. The number of nitrogens with two attached hydrogens (primary N) is 1. The molecule has 3 N–H and O–H groups in total. The van der Waals surface area contributed by atoms with Crippen molar-refractivity contribution in [2.45, 2.75) is 24.9 Å². The Labute approximate surface area is 214 Å². The third-order valence-corrected chi connectivity index (χ3v) is 7.09. The lowest BCUT2D eigenvalue weighted by atomic mass is 9.96. The molecule has 0 radical (unpaired) electrons. The number of nitrogens with one attached hydrogen (secondary N) is 1. The molecule has 0 saturated carbocycles. The second kappa shape index (κ2) is 10.6. The average molecular weight is 533 g/mol. The Kier molecular flexibility index (Phi) is 7.48. The first-order valence-electron chi connectivity index (χ1n) is 11.3. The van der Waals surface area contributed by atoms with Gasteiger partial charge in [-0.3, -0.25) is 14.4 Å². The summed E-state index contributed by atoms with van der Waals surface area (Å²) in [6.45, 7) is 0.543. The van der Waals surface area contributed by atoms with Gasteiger partial charge in [-0.1, -0.05) is 12.1 Å². The molecule has 1 saturated heterocycles. The van der Waals surface area contributed by atoms with E-state index in [0.29, 0.717) is 23.6 Å². The molecule has 8 nitrogen and oxygen atoms in total. The van der Waals surface area contributed by atoms with E-state index in [1.807, 2.05) is 0 Å². The SMILES string of the molecule is COc1ccc(C(N)=O)cc1NC(=O)c1csc(C2CCN(C(=O)c3ccccc3C(F)(F)F)CC2)n1. The summed E-state index contributed by atoms with van der Waals surface area (Å²) in [6.07, 6.45) is -3.61. The number of aromatic nitrogens is 1. The molecule has 4 rings (SSSR count). The van der Waals surface area contributed by atoms with Crippen LogP contribution in [0.2, 0.25) is 0 Å². The molecule has 2 heterocycles. The summed E-state index contributed by atoms with van der Waals surface area (Å²) in [5, 5.41) is 4.98. The summed E-state index contributed by atoms with van der Waals surface area (Å²) in [7, 11) is 1.43. The van der Waals surface area contributed by atoms with Crippen molar-refractivity contribution in [2.24, 2.45) is 5.73 Å². The Balaban J connectivity index is 1.41. The monoisotopic (exact) mass is 532 g/mol. The number of hydrogen-bond acceptors (Lipinski definition) is 6. The van der Waals surface area contributed by atoms with E-state index in [-0.39, 0.29) is 41.5 Å². The van der Waals surface area contributed by atoms with Crippen LogP contribution in [0.5, 0.6) is 5.75 Å². The standard InChI is InChI=1S/C25H23F3N4O4S/c1-36-20-7-6-15(21(29)33)12-18(20)30-22(34)19-13-37-23(31-19)14-8-10-32(11-9-14)24(35)16-4-2-3-5-17(16)25(26,27)28/h2-7,12-14H,8-11H2,1H3,(H2,29,33)(H,30,34). The molecule has 194 valence electrons. The zero-order valence-corrected chi connectivity index (χ0v) is 20.5. The summed E-state index contributed by atoms with van der Waals surface area (Å²) in [6, 6.07) is 9.18. The average Bonchev–Trinajstić information content (AvgIpc) is 3.38. The number of primary amides is 1. The van der Waals surface area contributed by atoms with E-state index in [1.165, 1.54) is 59.7 Å². The minimum absolute atomic E-state index is 0.0406. The maximum atomic E-state index is 13.3. The number of thiazole rings is 1. The summed E-state index contributed by atoms with van der Waals surface area (Å²) in [5.74, 6) is -1.50. The number of carbonyl (C=O) groups is 3. The maximum absolute atomic E-state index is 13.3. The van der Waals surface area contributed by atoms with E-state index in [9.17, 15) is 27.6 Å². The lowest BCUT2D eigenvalue weighted by molar-refractivity contribution is -0.138. The Morgan fingerprint density at radius 2 is 1.84 bits per heavy atom. The molecule has 3 amide bonds. The third kappa shape index (κ3) is 5.74. The van der Waals surface area contributed by atoms with Gasteiger partial charge in [-0.25, -0.2) is 4.98 Å². The van der Waals surface area contributed by atoms with Crippen LogP contribution in [0.3, 0.4) is 0 Å². The number of amides is 3. The smallest absolute Gasteiger partial charge is 0.417 e. The Morgan fingerprint density at radius 1 is 1.14 bits per heavy atom. The van der Waals surface area contributed by atoms with Crippen molar-refractivity contribution >= 4 is 34.7 Å². The Morgan fingerprint density at radius 3 is 2.49 bits per heavy atom. The predicted molar refractivity (Wildman–Crippen MR) is 131 cm³/mol. The first-order valence-corrected chi connectivity index (χ1v) is 12.2. The highest BCUT2D eigenvalue weighted by molar-refractivity contribution is 7.10. The van der Waals surface area contributed by atoms with Crippen molar-refractivity contribution in [3.05, 3.63) is 75.2 Å². The minimum Gasteiger partial charge on any atom is -0.495 e. The van der Waals surface area contributed by atoms with Gasteiger partial charge < -0.3 is 20.7 Å². The molecule has 0 aliphatic carbocycles. The van der Waals surface area contributed by atoms with Gasteiger partial charge in [0.25, 0.3) is 11.8 Å². The topological polar surface area (TPSA) is 115 Å². The van der Waals surface area contributed by atoms with Crippen LogP contribution in [0.1, 0.15) is 60.5 Å². The molecule has 37 heavy (non-hydrogen) atoms. The molecule has 0 bridgehead atoms. The number of piperidine rings is 1. The summed E-state index contributed by atoms with van der Waals surface area (Å²) < 4.78 is 45.2. The van der Waals surface area contributed by atoms with Crippen LogP contribution in [-0.2, 0) is 6.18 Å². The van der Waals surface area contributed by atoms with E-state index >= 15 is 0 Å². The molecule has 0 unspecified atom stereocenters. The van der Waals surface area contributed by atoms with Crippen LogP contribution in [0.25, 0.3) is 0 Å². The van der Waals surface area contributed by atoms with Crippen LogP contribution >= 0.6 is 11.3 Å². The number of likely N-dealkylation sites (tertiary alicyclic amines) is 1. The van der Waals surface area contributed by atoms with Gasteiger partial charge in [0.15, 0.2) is 0 Å². The quantitative estimate of drug-likeness (QED) is 0.484. The van der Waals surface area contributed by atoms with Crippen molar-refractivity contribution in [1.82, 2.24) is 9.88 Å². The number of methoxy groups -OCH3 is 1. The Hall–Kier alpha value is -3.93. The van der Waals surface area contributed by atoms with E-state index in [4.69, 9.17) is 10.5 Å². The molecular formula is C25H23F3N4O4S. The zero-order valence-electron chi connectivity index (χ0n) is 19.7. The number of benzene rings is 2. The number of halogens is 3. The number of ether oxygens (including phenoxy) is 1. The first kappa shape index (κ1) is 26.1. The van der Waals surface area contributed by atoms with Crippen LogP contribution in [-0.4, -0.2) is 47.8 Å². The molecule has 0 spiro atoms. The molecule has 3 aromatic rings. The van der Waals surface area contributed by atoms with Gasteiger partial charge in [-0.05, 0) is 43.2 Å². The maximum Gasteiger partial charge on any atom is 0.417 e. The van der Waals surface area contributed by atoms with Crippen LogP contribution in [0.15, 0.2) is 47.8 Å². The van der Waals surface area contributed by atoms with Gasteiger partial charge in [0.05, 0.1) is 28.9 Å². The minimum atomic E-state index is -4.62. The molecule has 1 aliphatic heterocycles. The van der Waals surface area contributed by atoms with Gasteiger partial charge in [-0.15, -0.1) is 11.3 Å². The molecule has 1 aliphatic rings. The van der Waals surface area contributed by atoms with Crippen LogP contribution < -0.4 is 15.8 Å². The summed E-state index contributed by atoms with van der Waals surface area (Å²) in [4.78, 5) is 42.9. The van der Waals surface area contributed by atoms with Gasteiger partial charge in [-0.2, -0.15) is 13.2 Å². The van der Waals surface area contributed by atoms with Crippen LogP contribution in [0.4, 0.5) is 18.9 Å². The number of rotatable bonds is 6. The second-order valence-electron chi connectivity index (χ2n) is 8.41. The molecule has 1 fully saturated rings. The van der Waals surface area contributed by atoms with Gasteiger partial charge >= 0.3 is 6.18 Å². The first-order chi connectivity index (χ1) is 17.6. The fraction of sp³-hybridized carbons (Fsp3) is 0.280. The fourth-order valence-electron chi connectivity index (χ4n) is 4.14. The van der Waals surface area contributed by atoms with E-state index in [2.05, 4.69) is 10.3 Å². The number of anilines is 1. The molecule has 2 aromatic carbocycles. The lowest BCUT2D eigenvalue weighted by Gasteiger charge is -2.31. The molecule has 1 aromatic heterocycles. The van der Waals surface area contributed by atoms with Gasteiger partial charge in [0.2, 0.25) is 5.91 Å². The zero-order chi connectivity index (χ0) is 26.7. The number of alkyl halides is 3. The van der Waals surface area contributed by atoms with Crippen molar-refractivity contribution in [2.75, 3.05) is 25.5 Å². The van der Waals surface area contributed by atoms with E-state index in [0.717, 1.165) is 6.07 Å². The van der Waals surface area contributed by atoms with Gasteiger partial charge in [0, 0.05) is 30.0 Å². The largest absolute Gasteiger partial charge is 0.495 e. The highest BCUT2D eigenvalue weighted by Crippen LogP contribution is 2.35. The van der Waals surface area contributed by atoms with Gasteiger partial charge in [0.1, 0.15) is 11.4 Å². The normalized spacial score (nSPS) is 14.3. The summed E-state index contributed by atoms with van der Waals surface area (Å²) in [5.41, 5.74) is 4.64. The number of hydrogen-bond donors (Lipinski definition) is 2. The van der Waals surface area contributed by atoms with E-state index in [1.54, 1.807) is 5.38 Å². The number of nitrogens with zero attached hydrogens (tertiary/aromatic N) is 2. The molecule has 0 atom stereocenters. The van der Waals surface area contributed by atoms with Crippen molar-refractivity contribution < 1.29 is 32.3 Å². The van der Waals surface area contributed by atoms with Crippen molar-refractivity contribution in [1.29, 1.82) is 0 Å². The summed E-state index contributed by atoms with van der Waals surface area (Å²) >= 11 is 1.30. The third-order valence-electron chi connectivity index (χ3n) is 6.08. The lowest BCUT2D eigenvalue weighted by Crippen LogP contribution is -2.38. The van der Waals surface area contributed by atoms with Crippen molar-refractivity contribution in [3.63, 3.8) is 0 Å². The van der Waals surface area contributed by atoms with Crippen LogP contribution in [0, 0.1) is 0 Å². The number of carbonyl (C=O) groups excluding carboxylic acids is 3. The highest BCUT2D eigenvalue weighted by Gasteiger charge is 2.36. The molecular weight excluding hydrogens is 509 g/mol. The predicted octanol–water partition coefficient (Wildman–Crippen LogP) is 4.54. The highest BCUT2D eigenvalue weighted by atomic mass is 32.1. The second-order valence-corrected chi connectivity index (χ2v) is 9.30. The van der Waals surface area contributed by atoms with Crippen molar-refractivity contribution in [3.8, 4) is 5.75 Å². The van der Waals surface area contributed by atoms with E-state index < -0.39 is 29.5 Å².